The molecule has 0 radical (unpaired) electrons. The number of hydrogen-bond acceptors (Lipinski definition) is 6. The molecular weight excluding hydrogens is 476 g/mol. The first-order valence-corrected chi connectivity index (χ1v) is 13.7. The highest BCUT2D eigenvalue weighted by atomic mass is 31.2. The Balaban J connectivity index is 1.74. The number of rotatable bonds is 7. The van der Waals surface area contributed by atoms with E-state index in [9.17, 15) is 4.57 Å². The molecule has 1 aliphatic rings. The van der Waals surface area contributed by atoms with Gasteiger partial charge < -0.3 is 14.6 Å². The molecule has 0 unspecified atom stereocenters. The molecule has 188 valence electrons. The van der Waals surface area contributed by atoms with E-state index in [1.807, 2.05) is 0 Å². The summed E-state index contributed by atoms with van der Waals surface area (Å²) < 4.78 is 63.9. The molecule has 35 heavy (non-hydrogen) atoms. The van der Waals surface area contributed by atoms with E-state index in [2.05, 4.69) is 20.3 Å². The molecule has 0 bridgehead atoms. The van der Waals surface area contributed by atoms with Crippen molar-refractivity contribution in [3.8, 4) is 0 Å². The van der Waals surface area contributed by atoms with Gasteiger partial charge in [-0.3, -0.25) is 4.98 Å². The highest BCUT2D eigenvalue weighted by Gasteiger charge is 2.50. The summed E-state index contributed by atoms with van der Waals surface area (Å²) in [6.07, 6.45) is 4.65. The van der Waals surface area contributed by atoms with E-state index in [1.54, 1.807) is 26.1 Å². The van der Waals surface area contributed by atoms with Gasteiger partial charge >= 0.3 is 5.92 Å². The summed E-state index contributed by atoms with van der Waals surface area (Å²) in [5, 5.41) is 3.77. The van der Waals surface area contributed by atoms with Gasteiger partial charge in [-0.2, -0.15) is 8.78 Å². The third-order valence-electron chi connectivity index (χ3n) is 6.84. The lowest BCUT2D eigenvalue weighted by Gasteiger charge is -2.33. The SMILES string of the molecule is COC(C)(C)C(F)(F)c1cccc([C@@H](C)Nc2nc(C)nc3cnc(P4(=O)CCCC4)cc23)c1F. The van der Waals surface area contributed by atoms with E-state index in [0.717, 1.165) is 18.9 Å². The van der Waals surface area contributed by atoms with E-state index >= 15 is 13.2 Å². The summed E-state index contributed by atoms with van der Waals surface area (Å²) >= 11 is 0. The lowest BCUT2D eigenvalue weighted by Crippen LogP contribution is -2.43. The van der Waals surface area contributed by atoms with Crippen molar-refractivity contribution in [1.82, 2.24) is 15.0 Å². The van der Waals surface area contributed by atoms with Gasteiger partial charge in [0, 0.05) is 30.4 Å². The average molecular weight is 507 g/mol. The number of anilines is 1. The smallest absolute Gasteiger partial charge is 0.303 e. The summed E-state index contributed by atoms with van der Waals surface area (Å²) in [6, 6.07) is 4.99. The number of aryl methyl sites for hydroxylation is 1. The van der Waals surface area contributed by atoms with E-state index in [0.29, 0.717) is 40.3 Å². The van der Waals surface area contributed by atoms with E-state index in [4.69, 9.17) is 4.74 Å². The van der Waals surface area contributed by atoms with Crippen LogP contribution in [0.25, 0.3) is 10.9 Å². The van der Waals surface area contributed by atoms with Crippen LogP contribution in [0.2, 0.25) is 0 Å². The third-order valence-corrected chi connectivity index (χ3v) is 10.00. The average Bonchev–Trinajstić information content (AvgIpc) is 3.26. The van der Waals surface area contributed by atoms with E-state index in [-0.39, 0.29) is 5.56 Å². The maximum Gasteiger partial charge on any atom is 0.303 e. The molecular formula is C25H30F3N4O2P. The molecule has 10 heteroatoms. The molecule has 3 heterocycles. The third kappa shape index (κ3) is 4.56. The monoisotopic (exact) mass is 506 g/mol. The number of hydrogen-bond donors (Lipinski definition) is 1. The van der Waals surface area contributed by atoms with Gasteiger partial charge in [0.25, 0.3) is 0 Å². The van der Waals surface area contributed by atoms with Crippen molar-refractivity contribution in [1.29, 1.82) is 0 Å². The number of benzene rings is 1. The number of aromatic nitrogens is 3. The van der Waals surface area contributed by atoms with Crippen molar-refractivity contribution in [2.45, 2.75) is 58.1 Å². The summed E-state index contributed by atoms with van der Waals surface area (Å²) in [7, 11) is -1.38. The Labute approximate surface area is 203 Å². The van der Waals surface area contributed by atoms with Crippen molar-refractivity contribution in [2.24, 2.45) is 0 Å². The molecule has 1 N–H and O–H groups in total. The van der Waals surface area contributed by atoms with Crippen LogP contribution in [0.5, 0.6) is 0 Å². The Bertz CT molecular complexity index is 1310. The number of nitrogens with one attached hydrogen (secondary N) is 1. The fourth-order valence-corrected chi connectivity index (χ4v) is 7.19. The minimum atomic E-state index is -3.56. The minimum Gasteiger partial charge on any atom is -0.372 e. The standard InChI is InChI=1S/C25H30F3N4O2P/c1-15(17-9-8-10-19(22(17)26)25(27,28)24(3,4)34-5)30-23-18-13-21(35(33)11-6-7-12-35)29-14-20(18)31-16(2)32-23/h8-10,13-15H,6-7,11-12H2,1-5H3,(H,30,31,32)/t15-/m1/s1. The van der Waals surface area contributed by atoms with Crippen molar-refractivity contribution in [2.75, 3.05) is 24.8 Å². The zero-order chi connectivity index (χ0) is 25.6. The number of ether oxygens (including phenoxy) is 1. The molecule has 1 aliphatic heterocycles. The molecule has 1 atom stereocenters. The first-order chi connectivity index (χ1) is 16.4. The van der Waals surface area contributed by atoms with Crippen LogP contribution in [-0.4, -0.2) is 40.0 Å². The number of alkyl halides is 2. The van der Waals surface area contributed by atoms with Crippen LogP contribution >= 0.6 is 7.14 Å². The molecule has 6 nitrogen and oxygen atoms in total. The quantitative estimate of drug-likeness (QED) is 0.400. The molecule has 0 aliphatic carbocycles. The first kappa shape index (κ1) is 25.6. The highest BCUT2D eigenvalue weighted by molar-refractivity contribution is 7.71. The molecule has 1 aromatic carbocycles. The second-order valence-corrected chi connectivity index (χ2v) is 12.7. The maximum atomic E-state index is 15.4. The molecule has 1 saturated heterocycles. The molecule has 0 spiro atoms. The lowest BCUT2D eigenvalue weighted by atomic mass is 9.90. The van der Waals surface area contributed by atoms with Crippen LogP contribution in [0.1, 0.15) is 56.6 Å². The van der Waals surface area contributed by atoms with Gasteiger partial charge in [-0.1, -0.05) is 12.1 Å². The normalized spacial score (nSPS) is 17.0. The second-order valence-electron chi connectivity index (χ2n) is 9.59. The summed E-state index contributed by atoms with van der Waals surface area (Å²) in [6.45, 7) is 5.83. The van der Waals surface area contributed by atoms with E-state index < -0.39 is 36.1 Å². The predicted octanol–water partition coefficient (Wildman–Crippen LogP) is 5.94. The largest absolute Gasteiger partial charge is 0.372 e. The topological polar surface area (TPSA) is 77.0 Å². The Morgan fingerprint density at radius 3 is 2.51 bits per heavy atom. The zero-order valence-corrected chi connectivity index (χ0v) is 21.4. The molecule has 0 amide bonds. The van der Waals surface area contributed by atoms with Gasteiger partial charge in [0.05, 0.1) is 23.3 Å². The fraction of sp³-hybridized carbons (Fsp3) is 0.480. The van der Waals surface area contributed by atoms with Gasteiger partial charge in [-0.15, -0.1) is 0 Å². The van der Waals surface area contributed by atoms with Gasteiger partial charge in [0.15, 0.2) is 0 Å². The maximum absolute atomic E-state index is 15.4. The highest BCUT2D eigenvalue weighted by Crippen LogP contribution is 2.50. The lowest BCUT2D eigenvalue weighted by molar-refractivity contribution is -0.186. The van der Waals surface area contributed by atoms with Gasteiger partial charge in [-0.25, -0.2) is 14.4 Å². The first-order valence-electron chi connectivity index (χ1n) is 11.6. The van der Waals surface area contributed by atoms with Crippen LogP contribution in [-0.2, 0) is 15.2 Å². The van der Waals surface area contributed by atoms with Crippen molar-refractivity contribution >= 4 is 29.3 Å². The molecule has 0 saturated carbocycles. The number of pyridine rings is 1. The second kappa shape index (κ2) is 9.17. The summed E-state index contributed by atoms with van der Waals surface area (Å²) in [4.78, 5) is 13.3. The van der Waals surface area contributed by atoms with Gasteiger partial charge in [-0.05, 0) is 52.7 Å². The summed E-state index contributed by atoms with van der Waals surface area (Å²) in [5.41, 5.74) is -1.46. The fourth-order valence-electron chi connectivity index (χ4n) is 4.41. The Morgan fingerprint density at radius 2 is 1.86 bits per heavy atom. The number of halogens is 3. The van der Waals surface area contributed by atoms with Crippen molar-refractivity contribution in [3.05, 3.63) is 53.2 Å². The molecule has 1 fully saturated rings. The number of nitrogens with zero attached hydrogens (tertiary/aromatic N) is 3. The van der Waals surface area contributed by atoms with E-state index in [1.165, 1.54) is 33.1 Å². The molecule has 2 aromatic heterocycles. The number of fused-ring (bicyclic) bond motifs is 1. The minimum absolute atomic E-state index is 0.0661. The van der Waals surface area contributed by atoms with Crippen molar-refractivity contribution < 1.29 is 22.5 Å². The summed E-state index contributed by atoms with van der Waals surface area (Å²) in [5.74, 6) is -3.69. The van der Waals surface area contributed by atoms with Crippen LogP contribution in [0, 0.1) is 12.7 Å². The van der Waals surface area contributed by atoms with Crippen LogP contribution in [0.3, 0.4) is 0 Å². The zero-order valence-electron chi connectivity index (χ0n) is 20.5. The van der Waals surface area contributed by atoms with Gasteiger partial charge in [0.2, 0.25) is 0 Å². The molecule has 3 aromatic rings. The molecule has 4 rings (SSSR count). The van der Waals surface area contributed by atoms with Crippen molar-refractivity contribution in [3.63, 3.8) is 0 Å². The van der Waals surface area contributed by atoms with Gasteiger partial charge in [0.1, 0.15) is 35.6 Å². The Morgan fingerprint density at radius 1 is 1.17 bits per heavy atom. The number of methoxy groups -OCH3 is 1. The van der Waals surface area contributed by atoms with Crippen LogP contribution < -0.4 is 10.8 Å². The predicted molar refractivity (Wildman–Crippen MR) is 132 cm³/mol. The van der Waals surface area contributed by atoms with Crippen LogP contribution in [0.15, 0.2) is 30.5 Å². The van der Waals surface area contributed by atoms with Crippen LogP contribution in [0.4, 0.5) is 19.0 Å². The Hall–Kier alpha value is -2.51. The Kier molecular flexibility index (Phi) is 6.70.